The van der Waals surface area contributed by atoms with Gasteiger partial charge in [-0.2, -0.15) is 10.5 Å². The topological polar surface area (TPSA) is 91.7 Å². The molecule has 0 amide bonds. The van der Waals surface area contributed by atoms with Gasteiger partial charge in [-0.1, -0.05) is 12.1 Å². The first-order valence-corrected chi connectivity index (χ1v) is 8.93. The highest BCUT2D eigenvalue weighted by atomic mass is 32.1. The summed E-state index contributed by atoms with van der Waals surface area (Å²) in [6.07, 6.45) is 2.21. The van der Waals surface area contributed by atoms with Gasteiger partial charge in [0.15, 0.2) is 0 Å². The smallest absolute Gasteiger partial charge is 0.262 e. The van der Waals surface area contributed by atoms with Crippen molar-refractivity contribution in [2.24, 2.45) is 5.92 Å². The summed E-state index contributed by atoms with van der Waals surface area (Å²) in [5, 5.41) is 20.4. The average Bonchev–Trinajstić information content (AvgIpc) is 3.11. The van der Waals surface area contributed by atoms with E-state index in [0.717, 1.165) is 16.9 Å². The zero-order valence-electron chi connectivity index (χ0n) is 14.2. The minimum absolute atomic E-state index is 0.167. The van der Waals surface area contributed by atoms with Crippen molar-refractivity contribution in [3.63, 3.8) is 0 Å². The third-order valence-electron chi connectivity index (χ3n) is 4.17. The normalized spacial score (nSPS) is 11.7. The van der Waals surface area contributed by atoms with E-state index in [1.54, 1.807) is 7.11 Å². The van der Waals surface area contributed by atoms with Crippen molar-refractivity contribution < 1.29 is 4.74 Å². The third kappa shape index (κ3) is 3.44. The molecule has 130 valence electrons. The van der Waals surface area contributed by atoms with Crippen LogP contribution in [0.2, 0.25) is 0 Å². The summed E-state index contributed by atoms with van der Waals surface area (Å²) in [5.74, 6) is 0.354. The van der Waals surface area contributed by atoms with E-state index in [1.807, 2.05) is 35.7 Å². The summed E-state index contributed by atoms with van der Waals surface area (Å²) in [7, 11) is 1.61. The Hall–Kier alpha value is -3.16. The van der Waals surface area contributed by atoms with Gasteiger partial charge >= 0.3 is 0 Å². The van der Waals surface area contributed by atoms with Gasteiger partial charge in [-0.3, -0.25) is 9.36 Å². The summed E-state index contributed by atoms with van der Waals surface area (Å²) >= 11 is 1.42. The fourth-order valence-corrected chi connectivity index (χ4v) is 3.66. The lowest BCUT2D eigenvalue weighted by atomic mass is 10.0. The van der Waals surface area contributed by atoms with Crippen molar-refractivity contribution in [2.75, 3.05) is 7.11 Å². The van der Waals surface area contributed by atoms with E-state index >= 15 is 0 Å². The van der Waals surface area contributed by atoms with Gasteiger partial charge in [-0.25, -0.2) is 4.98 Å². The van der Waals surface area contributed by atoms with Crippen LogP contribution in [0.15, 0.2) is 40.8 Å². The van der Waals surface area contributed by atoms with Gasteiger partial charge in [0.25, 0.3) is 5.56 Å². The van der Waals surface area contributed by atoms with Gasteiger partial charge in [-0.05, 0) is 24.1 Å². The van der Waals surface area contributed by atoms with Crippen molar-refractivity contribution in [2.45, 2.75) is 19.4 Å². The Labute approximate surface area is 154 Å². The molecule has 0 saturated carbocycles. The second kappa shape index (κ2) is 7.81. The standard InChI is InChI=1S/C19H16N4O2S/c1-25-15-6-4-14(5-7-15)16-11-26-18-17(16)19(24)23(12-22-18)10-13(9-21)3-2-8-20/h4-7,11-13H,2-3,10H2,1H3/t13-/m0/s1. The lowest BCUT2D eigenvalue weighted by Gasteiger charge is -2.10. The second-order valence-corrected chi connectivity index (χ2v) is 6.64. The van der Waals surface area contributed by atoms with E-state index in [0.29, 0.717) is 16.6 Å². The molecule has 0 aliphatic heterocycles. The van der Waals surface area contributed by atoms with E-state index in [-0.39, 0.29) is 18.5 Å². The molecule has 0 aliphatic carbocycles. The van der Waals surface area contributed by atoms with E-state index in [2.05, 4.69) is 11.1 Å². The molecule has 2 aromatic heterocycles. The van der Waals surface area contributed by atoms with Crippen LogP contribution in [0, 0.1) is 28.6 Å². The number of hydrogen-bond donors (Lipinski definition) is 0. The molecule has 2 heterocycles. The van der Waals surface area contributed by atoms with Gasteiger partial charge < -0.3 is 4.74 Å². The number of fused-ring (bicyclic) bond motifs is 1. The molecule has 0 fully saturated rings. The highest BCUT2D eigenvalue weighted by Crippen LogP contribution is 2.31. The number of benzene rings is 1. The summed E-state index contributed by atoms with van der Waals surface area (Å²) in [6, 6.07) is 11.7. The first-order chi connectivity index (χ1) is 12.7. The lowest BCUT2D eigenvalue weighted by molar-refractivity contribution is 0.415. The quantitative estimate of drug-likeness (QED) is 0.667. The molecule has 3 rings (SSSR count). The minimum Gasteiger partial charge on any atom is -0.497 e. The van der Waals surface area contributed by atoms with Gasteiger partial charge in [0.1, 0.15) is 10.6 Å². The van der Waals surface area contributed by atoms with Crippen LogP contribution in [0.3, 0.4) is 0 Å². The Balaban J connectivity index is 2.01. The number of hydrogen-bond acceptors (Lipinski definition) is 6. The Morgan fingerprint density at radius 3 is 2.73 bits per heavy atom. The van der Waals surface area contributed by atoms with Crippen LogP contribution >= 0.6 is 11.3 Å². The number of aromatic nitrogens is 2. The molecule has 3 aromatic rings. The van der Waals surface area contributed by atoms with Crippen LogP contribution in [0.25, 0.3) is 21.3 Å². The summed E-state index contributed by atoms with van der Waals surface area (Å²) in [4.78, 5) is 18.0. The number of thiophene rings is 1. The zero-order valence-corrected chi connectivity index (χ0v) is 15.0. The molecule has 0 saturated heterocycles. The summed E-state index contributed by atoms with van der Waals surface area (Å²) in [5.41, 5.74) is 1.57. The van der Waals surface area contributed by atoms with Gasteiger partial charge in [0, 0.05) is 23.9 Å². The molecule has 0 N–H and O–H groups in total. The molecule has 1 atom stereocenters. The highest BCUT2D eigenvalue weighted by Gasteiger charge is 2.16. The summed E-state index contributed by atoms with van der Waals surface area (Å²) < 4.78 is 6.64. The maximum atomic E-state index is 13.0. The molecule has 26 heavy (non-hydrogen) atoms. The minimum atomic E-state index is -0.394. The van der Waals surface area contributed by atoms with Crippen molar-refractivity contribution in [1.82, 2.24) is 9.55 Å². The molecule has 6 nitrogen and oxygen atoms in total. The van der Waals surface area contributed by atoms with Crippen LogP contribution in [-0.2, 0) is 6.54 Å². The zero-order chi connectivity index (χ0) is 18.5. The number of nitriles is 2. The maximum Gasteiger partial charge on any atom is 0.262 e. The number of ether oxygens (including phenoxy) is 1. The largest absolute Gasteiger partial charge is 0.497 e. The van der Waals surface area contributed by atoms with Gasteiger partial charge in [0.2, 0.25) is 0 Å². The van der Waals surface area contributed by atoms with Crippen LogP contribution in [0.1, 0.15) is 12.8 Å². The highest BCUT2D eigenvalue weighted by molar-refractivity contribution is 7.17. The van der Waals surface area contributed by atoms with E-state index in [1.165, 1.54) is 22.2 Å². The SMILES string of the molecule is COc1ccc(-c2csc3ncn(C[C@H](C#N)CCC#N)c(=O)c23)cc1. The monoisotopic (exact) mass is 364 g/mol. The maximum absolute atomic E-state index is 13.0. The molecule has 7 heteroatoms. The van der Waals surface area contributed by atoms with Crippen LogP contribution in [-0.4, -0.2) is 16.7 Å². The van der Waals surface area contributed by atoms with Crippen LogP contribution in [0.4, 0.5) is 0 Å². The van der Waals surface area contributed by atoms with Gasteiger partial charge in [0.05, 0.1) is 36.9 Å². The Kier molecular flexibility index (Phi) is 5.31. The fourth-order valence-electron chi connectivity index (χ4n) is 2.75. The van der Waals surface area contributed by atoms with E-state index < -0.39 is 5.92 Å². The molecule has 0 bridgehead atoms. The second-order valence-electron chi connectivity index (χ2n) is 5.78. The fraction of sp³-hybridized carbons (Fsp3) is 0.263. The lowest BCUT2D eigenvalue weighted by Crippen LogP contribution is -2.24. The summed E-state index contributed by atoms with van der Waals surface area (Å²) in [6.45, 7) is 0.234. The molecular weight excluding hydrogens is 348 g/mol. The molecule has 0 unspecified atom stereocenters. The molecule has 1 aromatic carbocycles. The van der Waals surface area contributed by atoms with E-state index in [9.17, 15) is 10.1 Å². The third-order valence-corrected chi connectivity index (χ3v) is 5.05. The number of rotatable bonds is 6. The Morgan fingerprint density at radius 2 is 2.08 bits per heavy atom. The molecular formula is C19H16N4O2S. The van der Waals surface area contributed by atoms with Crippen LogP contribution < -0.4 is 10.3 Å². The molecule has 0 aliphatic rings. The van der Waals surface area contributed by atoms with Crippen molar-refractivity contribution in [3.8, 4) is 29.0 Å². The average molecular weight is 364 g/mol. The van der Waals surface area contributed by atoms with Crippen molar-refractivity contribution in [1.29, 1.82) is 10.5 Å². The molecule has 0 spiro atoms. The van der Waals surface area contributed by atoms with Crippen molar-refractivity contribution >= 4 is 21.6 Å². The Bertz CT molecular complexity index is 1050. The predicted octanol–water partition coefficient (Wildman–Crippen LogP) is 3.58. The molecule has 0 radical (unpaired) electrons. The predicted molar refractivity (Wildman–Crippen MR) is 99.8 cm³/mol. The van der Waals surface area contributed by atoms with E-state index in [4.69, 9.17) is 10.00 Å². The number of nitrogens with zero attached hydrogens (tertiary/aromatic N) is 4. The van der Waals surface area contributed by atoms with Crippen LogP contribution in [0.5, 0.6) is 5.75 Å². The first-order valence-electron chi connectivity index (χ1n) is 8.05. The Morgan fingerprint density at radius 1 is 1.31 bits per heavy atom. The van der Waals surface area contributed by atoms with Gasteiger partial charge in [-0.15, -0.1) is 11.3 Å². The first kappa shape index (κ1) is 17.7. The number of methoxy groups -OCH3 is 1. The van der Waals surface area contributed by atoms with Crippen molar-refractivity contribution in [3.05, 3.63) is 46.3 Å².